The van der Waals surface area contributed by atoms with Gasteiger partial charge in [0, 0.05) is 13.8 Å². The van der Waals surface area contributed by atoms with E-state index in [0.717, 1.165) is 13.8 Å². The molecule has 0 saturated carbocycles. The van der Waals surface area contributed by atoms with Gasteiger partial charge in [-0.3, -0.25) is 14.1 Å². The van der Waals surface area contributed by atoms with Gasteiger partial charge in [-0.2, -0.15) is 8.42 Å². The van der Waals surface area contributed by atoms with Crippen LogP contribution in [0.1, 0.15) is 20.3 Å². The highest BCUT2D eigenvalue weighted by Crippen LogP contribution is 2.32. The summed E-state index contributed by atoms with van der Waals surface area (Å²) in [5.41, 5.74) is 0. The minimum atomic E-state index is -5.16. The molecule has 1 aliphatic heterocycles. The Hall–Kier alpha value is -1.88. The van der Waals surface area contributed by atoms with Gasteiger partial charge >= 0.3 is 22.3 Å². The first kappa shape index (κ1) is 24.2. The van der Waals surface area contributed by atoms with E-state index < -0.39 is 77.5 Å². The number of esters is 1. The molecule has 1 unspecified atom stereocenters. The summed E-state index contributed by atoms with van der Waals surface area (Å²) in [4.78, 5) is 34.2. The quantitative estimate of drug-likeness (QED) is 0.162. The second kappa shape index (κ2) is 9.08. The predicted octanol–water partition coefficient (Wildman–Crippen LogP) is -3.47. The third-order valence-electron chi connectivity index (χ3n) is 3.73. The van der Waals surface area contributed by atoms with Crippen molar-refractivity contribution in [2.45, 2.75) is 56.5 Å². The van der Waals surface area contributed by atoms with Gasteiger partial charge in [0.05, 0.1) is 19.1 Å². The lowest BCUT2D eigenvalue weighted by Gasteiger charge is -2.45. The molecule has 1 amide bonds. The van der Waals surface area contributed by atoms with Gasteiger partial charge in [-0.1, -0.05) is 0 Å². The van der Waals surface area contributed by atoms with Crippen LogP contribution in [0.25, 0.3) is 0 Å². The number of amides is 1. The largest absolute Gasteiger partial charge is 0.477 e. The molecule has 0 aliphatic carbocycles. The summed E-state index contributed by atoms with van der Waals surface area (Å²) in [5.74, 6) is -6.59. The summed E-state index contributed by atoms with van der Waals surface area (Å²) in [5, 5.41) is 41.2. The van der Waals surface area contributed by atoms with E-state index in [1.54, 1.807) is 0 Å². The van der Waals surface area contributed by atoms with Gasteiger partial charge in [0.1, 0.15) is 24.4 Å². The Bertz CT molecular complexity index is 709. The van der Waals surface area contributed by atoms with Gasteiger partial charge in [0.15, 0.2) is 0 Å². The van der Waals surface area contributed by atoms with Gasteiger partial charge in [-0.05, 0) is 0 Å². The third kappa shape index (κ3) is 6.33. The molecule has 0 aromatic carbocycles. The Labute approximate surface area is 159 Å². The van der Waals surface area contributed by atoms with Crippen LogP contribution in [0.2, 0.25) is 0 Å². The summed E-state index contributed by atoms with van der Waals surface area (Å²) in [7, 11) is -5.16. The van der Waals surface area contributed by atoms with Crippen LogP contribution in [0, 0.1) is 0 Å². The fourth-order valence-electron chi connectivity index (χ4n) is 2.68. The van der Waals surface area contributed by atoms with Crippen molar-refractivity contribution < 1.29 is 61.4 Å². The van der Waals surface area contributed by atoms with Crippen LogP contribution >= 0.6 is 0 Å². The highest BCUT2D eigenvalue weighted by molar-refractivity contribution is 7.80. The maximum Gasteiger partial charge on any atom is 0.397 e. The summed E-state index contributed by atoms with van der Waals surface area (Å²) < 4.78 is 44.5. The van der Waals surface area contributed by atoms with Gasteiger partial charge in [0.2, 0.25) is 5.91 Å². The second-order valence-electron chi connectivity index (χ2n) is 5.99. The maximum atomic E-state index is 11.5. The maximum absolute atomic E-state index is 11.5. The summed E-state index contributed by atoms with van der Waals surface area (Å²) in [6, 6.07) is -1.48. The molecule has 6 N–H and O–H groups in total. The average molecular weight is 431 g/mol. The highest BCUT2D eigenvalue weighted by Gasteiger charge is 2.56. The second-order valence-corrected chi connectivity index (χ2v) is 7.03. The molecule has 1 saturated heterocycles. The molecule has 14 nitrogen and oxygen atoms in total. The molecule has 1 heterocycles. The molecular weight excluding hydrogens is 410 g/mol. The molecule has 28 heavy (non-hydrogen) atoms. The number of aliphatic carboxylic acids is 1. The van der Waals surface area contributed by atoms with Gasteiger partial charge in [-0.15, -0.1) is 0 Å². The lowest BCUT2D eigenvalue weighted by Crippen LogP contribution is -2.68. The molecule has 0 aromatic heterocycles. The number of rotatable bonds is 8. The zero-order chi connectivity index (χ0) is 21.9. The van der Waals surface area contributed by atoms with Crippen LogP contribution in [-0.4, -0.2) is 94.1 Å². The monoisotopic (exact) mass is 431 g/mol. The minimum Gasteiger partial charge on any atom is -0.477 e. The molecular formula is C13H21NO13S. The Morgan fingerprint density at radius 3 is 2.29 bits per heavy atom. The Kier molecular flexibility index (Phi) is 7.83. The van der Waals surface area contributed by atoms with E-state index in [1.807, 2.05) is 0 Å². The molecule has 0 radical (unpaired) electrons. The standard InChI is InChI=1S/C13H21NO13S/c1-5(16)14-9-7(25-6(2)17)3-13(21,12(19)20)26-11(9)10(18)8(4-15)27-28(22,23)24/h7-11,15,18,21H,3-4H2,1-2H3,(H,14,16)(H,19,20)(H,22,23,24)/t7-,8+,9+,10+,11+,13?/m0/s1. The zero-order valence-electron chi connectivity index (χ0n) is 14.7. The Morgan fingerprint density at radius 2 is 1.89 bits per heavy atom. The van der Waals surface area contributed by atoms with Crippen molar-refractivity contribution in [3.63, 3.8) is 0 Å². The number of hydrogen-bond donors (Lipinski definition) is 6. The van der Waals surface area contributed by atoms with Crippen molar-refractivity contribution >= 4 is 28.2 Å². The van der Waals surface area contributed by atoms with Crippen LogP contribution < -0.4 is 5.32 Å². The Morgan fingerprint density at radius 1 is 1.32 bits per heavy atom. The molecule has 162 valence electrons. The van der Waals surface area contributed by atoms with Crippen molar-refractivity contribution in [3.8, 4) is 0 Å². The number of aliphatic hydroxyl groups excluding tert-OH is 2. The highest BCUT2D eigenvalue weighted by atomic mass is 32.3. The number of nitrogens with one attached hydrogen (secondary N) is 1. The van der Waals surface area contributed by atoms with E-state index in [1.165, 1.54) is 0 Å². The number of carboxylic acid groups (broad SMARTS) is 1. The predicted molar refractivity (Wildman–Crippen MR) is 84.7 cm³/mol. The molecule has 0 aromatic rings. The molecule has 1 fully saturated rings. The number of carbonyl (C=O) groups is 3. The SMILES string of the molecule is CC(=O)N[C@H]1[C@H]([C@H](O)[C@@H](CO)OS(=O)(=O)O)OC(O)(C(=O)O)C[C@@H]1OC(C)=O. The molecule has 6 atom stereocenters. The first-order valence-corrected chi connectivity index (χ1v) is 9.09. The topological polar surface area (TPSA) is 226 Å². The number of carboxylic acids is 1. The Balaban J connectivity index is 3.36. The first-order chi connectivity index (χ1) is 12.7. The van der Waals surface area contributed by atoms with Crippen molar-refractivity contribution in [2.75, 3.05) is 6.61 Å². The molecule has 0 bridgehead atoms. The van der Waals surface area contributed by atoms with Crippen molar-refractivity contribution in [1.29, 1.82) is 0 Å². The van der Waals surface area contributed by atoms with E-state index in [2.05, 4.69) is 9.50 Å². The van der Waals surface area contributed by atoms with Gasteiger partial charge < -0.3 is 35.2 Å². The van der Waals surface area contributed by atoms with Gasteiger partial charge in [0.25, 0.3) is 5.79 Å². The molecule has 0 spiro atoms. The first-order valence-electron chi connectivity index (χ1n) is 7.72. The summed E-state index contributed by atoms with van der Waals surface area (Å²) in [6.45, 7) is 0.797. The van der Waals surface area contributed by atoms with Crippen LogP contribution in [0.3, 0.4) is 0 Å². The van der Waals surface area contributed by atoms with E-state index in [4.69, 9.17) is 14.0 Å². The van der Waals surface area contributed by atoms with Crippen LogP contribution in [0.15, 0.2) is 0 Å². The lowest BCUT2D eigenvalue weighted by molar-refractivity contribution is -0.295. The fourth-order valence-corrected chi connectivity index (χ4v) is 3.17. The number of carbonyl (C=O) groups excluding carboxylic acids is 2. The molecule has 1 aliphatic rings. The number of aliphatic hydroxyl groups is 3. The average Bonchev–Trinajstić information content (AvgIpc) is 2.52. The summed E-state index contributed by atoms with van der Waals surface area (Å²) in [6.07, 6.45) is -8.61. The summed E-state index contributed by atoms with van der Waals surface area (Å²) >= 11 is 0. The van der Waals surface area contributed by atoms with E-state index >= 15 is 0 Å². The van der Waals surface area contributed by atoms with Crippen LogP contribution in [0.5, 0.6) is 0 Å². The third-order valence-corrected chi connectivity index (χ3v) is 4.22. The lowest BCUT2D eigenvalue weighted by atomic mass is 9.88. The van der Waals surface area contributed by atoms with Crippen LogP contribution in [-0.2, 0) is 38.4 Å². The zero-order valence-corrected chi connectivity index (χ0v) is 15.5. The van der Waals surface area contributed by atoms with Crippen molar-refractivity contribution in [1.82, 2.24) is 5.32 Å². The fraction of sp³-hybridized carbons (Fsp3) is 0.769. The van der Waals surface area contributed by atoms with Crippen molar-refractivity contribution in [2.24, 2.45) is 0 Å². The minimum absolute atomic E-state index is 0.736. The van der Waals surface area contributed by atoms with E-state index in [0.29, 0.717) is 0 Å². The number of ether oxygens (including phenoxy) is 2. The molecule has 1 rings (SSSR count). The molecule has 15 heteroatoms. The van der Waals surface area contributed by atoms with E-state index in [9.17, 15) is 43.2 Å². The smallest absolute Gasteiger partial charge is 0.397 e. The van der Waals surface area contributed by atoms with Crippen molar-refractivity contribution in [3.05, 3.63) is 0 Å². The van der Waals surface area contributed by atoms with Crippen LogP contribution in [0.4, 0.5) is 0 Å². The van der Waals surface area contributed by atoms with E-state index in [-0.39, 0.29) is 0 Å². The normalized spacial score (nSPS) is 30.1. The number of hydrogen-bond acceptors (Lipinski definition) is 11. The van der Waals surface area contributed by atoms with Gasteiger partial charge in [-0.25, -0.2) is 8.98 Å².